The Morgan fingerprint density at radius 3 is 2.23 bits per heavy atom. The third-order valence-electron chi connectivity index (χ3n) is 4.86. The van der Waals surface area contributed by atoms with E-state index in [2.05, 4.69) is 28.7 Å². The fraction of sp³-hybridized carbons (Fsp3) is 0.714. The third-order valence-corrected chi connectivity index (χ3v) is 5.88. The molecule has 1 saturated heterocycles. The maximum atomic E-state index is 12.5. The van der Waals surface area contributed by atoms with Gasteiger partial charge in [0.05, 0.1) is 5.75 Å². The van der Waals surface area contributed by atoms with Crippen molar-refractivity contribution in [3.63, 3.8) is 0 Å². The molecule has 2 rings (SSSR count). The van der Waals surface area contributed by atoms with E-state index in [0.29, 0.717) is 42.2 Å². The summed E-state index contributed by atoms with van der Waals surface area (Å²) in [5.74, 6) is 1.31. The summed E-state index contributed by atoms with van der Waals surface area (Å²) in [6, 6.07) is 1.75. The molecular formula is C21H34ClN5O2S. The standard InChI is InChI=1S/C21H34ClN5O2S/c1-6-8-26(9-7-2)18(28)15-30-20-23-16(22)14-17(24-20)25-10-12-27(13-11-25)19(29)21(3,4)5/h14H,6-13,15H2,1-5H3. The number of thioether (sulfide) groups is 1. The van der Waals surface area contributed by atoms with Crippen LogP contribution in [0.2, 0.25) is 5.15 Å². The molecule has 9 heteroatoms. The Hall–Kier alpha value is -1.54. The number of halogens is 1. The van der Waals surface area contributed by atoms with Crippen LogP contribution >= 0.6 is 23.4 Å². The van der Waals surface area contributed by atoms with Gasteiger partial charge in [0.15, 0.2) is 5.16 Å². The minimum absolute atomic E-state index is 0.100. The Kier molecular flexibility index (Phi) is 9.22. The highest BCUT2D eigenvalue weighted by atomic mass is 35.5. The third kappa shape index (κ3) is 7.01. The number of aromatic nitrogens is 2. The van der Waals surface area contributed by atoms with E-state index < -0.39 is 0 Å². The number of hydrogen-bond acceptors (Lipinski definition) is 6. The molecule has 2 amide bonds. The van der Waals surface area contributed by atoms with Crippen molar-refractivity contribution in [2.24, 2.45) is 5.41 Å². The first-order valence-electron chi connectivity index (χ1n) is 10.6. The van der Waals surface area contributed by atoms with Crippen molar-refractivity contribution in [1.82, 2.24) is 19.8 Å². The van der Waals surface area contributed by atoms with Crippen molar-refractivity contribution >= 4 is 41.0 Å². The predicted molar refractivity (Wildman–Crippen MR) is 123 cm³/mol. The van der Waals surface area contributed by atoms with E-state index in [-0.39, 0.29) is 17.2 Å². The Labute approximate surface area is 189 Å². The van der Waals surface area contributed by atoms with Gasteiger partial charge >= 0.3 is 0 Å². The summed E-state index contributed by atoms with van der Waals surface area (Å²) < 4.78 is 0. The second kappa shape index (κ2) is 11.2. The highest BCUT2D eigenvalue weighted by Crippen LogP contribution is 2.24. The van der Waals surface area contributed by atoms with E-state index in [1.165, 1.54) is 11.8 Å². The van der Waals surface area contributed by atoms with Gasteiger partial charge in [0.2, 0.25) is 11.8 Å². The smallest absolute Gasteiger partial charge is 0.233 e. The van der Waals surface area contributed by atoms with Crippen LogP contribution < -0.4 is 4.90 Å². The van der Waals surface area contributed by atoms with E-state index in [1.807, 2.05) is 30.6 Å². The second-order valence-electron chi connectivity index (χ2n) is 8.53. The van der Waals surface area contributed by atoms with Crippen LogP contribution in [0.4, 0.5) is 5.82 Å². The van der Waals surface area contributed by atoms with Gasteiger partial charge in [-0.1, -0.05) is 58.0 Å². The van der Waals surface area contributed by atoms with Gasteiger partial charge in [0, 0.05) is 50.7 Å². The quantitative estimate of drug-likeness (QED) is 0.339. The SMILES string of the molecule is CCCN(CCC)C(=O)CSc1nc(Cl)cc(N2CCN(C(=O)C(C)(C)C)CC2)n1. The van der Waals surface area contributed by atoms with Crippen molar-refractivity contribution in [1.29, 1.82) is 0 Å². The number of anilines is 1. The summed E-state index contributed by atoms with van der Waals surface area (Å²) in [5.41, 5.74) is -0.375. The molecule has 1 aromatic heterocycles. The summed E-state index contributed by atoms with van der Waals surface area (Å²) in [6.45, 7) is 14.2. The van der Waals surface area contributed by atoms with Crippen LogP contribution in [0.25, 0.3) is 0 Å². The number of hydrogen-bond donors (Lipinski definition) is 0. The lowest BCUT2D eigenvalue weighted by Crippen LogP contribution is -2.51. The Morgan fingerprint density at radius 2 is 1.70 bits per heavy atom. The maximum absolute atomic E-state index is 12.5. The van der Waals surface area contributed by atoms with Crippen LogP contribution in [-0.2, 0) is 9.59 Å². The summed E-state index contributed by atoms with van der Waals surface area (Å²) in [4.78, 5) is 39.8. The van der Waals surface area contributed by atoms with Crippen LogP contribution in [0.1, 0.15) is 47.5 Å². The Morgan fingerprint density at radius 1 is 1.10 bits per heavy atom. The van der Waals surface area contributed by atoms with E-state index in [0.717, 1.165) is 31.7 Å². The van der Waals surface area contributed by atoms with E-state index >= 15 is 0 Å². The van der Waals surface area contributed by atoms with E-state index in [4.69, 9.17) is 11.6 Å². The number of piperazine rings is 1. The van der Waals surface area contributed by atoms with Gasteiger partial charge < -0.3 is 14.7 Å². The zero-order valence-corrected chi connectivity index (χ0v) is 20.4. The molecule has 0 atom stereocenters. The summed E-state index contributed by atoms with van der Waals surface area (Å²) >= 11 is 7.56. The van der Waals surface area contributed by atoms with Gasteiger partial charge in [-0.15, -0.1) is 0 Å². The van der Waals surface area contributed by atoms with Crippen LogP contribution in [-0.4, -0.2) is 76.6 Å². The van der Waals surface area contributed by atoms with E-state index in [9.17, 15) is 9.59 Å². The molecule has 0 aromatic carbocycles. The summed E-state index contributed by atoms with van der Waals surface area (Å²) in [6.07, 6.45) is 1.88. The minimum atomic E-state index is -0.375. The Balaban J connectivity index is 1.99. The molecule has 0 saturated carbocycles. The maximum Gasteiger partial charge on any atom is 0.233 e. The highest BCUT2D eigenvalue weighted by Gasteiger charge is 2.30. The zero-order valence-electron chi connectivity index (χ0n) is 18.8. The topological polar surface area (TPSA) is 69.6 Å². The molecule has 0 spiro atoms. The van der Waals surface area contributed by atoms with Crippen molar-refractivity contribution in [2.75, 3.05) is 49.9 Å². The lowest BCUT2D eigenvalue weighted by Gasteiger charge is -2.38. The molecular weight excluding hydrogens is 422 g/mol. The van der Waals surface area contributed by atoms with Gasteiger partial charge in [0.1, 0.15) is 11.0 Å². The molecule has 1 aromatic rings. The van der Waals surface area contributed by atoms with Gasteiger partial charge in [0.25, 0.3) is 0 Å². The lowest BCUT2D eigenvalue weighted by atomic mass is 9.94. The molecule has 30 heavy (non-hydrogen) atoms. The fourth-order valence-corrected chi connectivity index (χ4v) is 4.33. The molecule has 1 aliphatic heterocycles. The molecule has 0 unspecified atom stereocenters. The fourth-order valence-electron chi connectivity index (χ4n) is 3.34. The Bertz CT molecular complexity index is 727. The van der Waals surface area contributed by atoms with Gasteiger partial charge in [-0.05, 0) is 12.8 Å². The molecule has 168 valence electrons. The van der Waals surface area contributed by atoms with Gasteiger partial charge in [-0.3, -0.25) is 9.59 Å². The minimum Gasteiger partial charge on any atom is -0.353 e. The summed E-state index contributed by atoms with van der Waals surface area (Å²) in [7, 11) is 0. The molecule has 1 aliphatic rings. The molecule has 7 nitrogen and oxygen atoms in total. The first-order valence-corrected chi connectivity index (χ1v) is 12.0. The molecule has 0 aliphatic carbocycles. The number of nitrogens with zero attached hydrogens (tertiary/aromatic N) is 5. The van der Waals surface area contributed by atoms with Crippen molar-refractivity contribution in [3.8, 4) is 0 Å². The average molecular weight is 456 g/mol. The predicted octanol–water partition coefficient (Wildman–Crippen LogP) is 3.57. The van der Waals surface area contributed by atoms with Crippen molar-refractivity contribution in [2.45, 2.75) is 52.6 Å². The summed E-state index contributed by atoms with van der Waals surface area (Å²) in [5, 5.41) is 0.870. The van der Waals surface area contributed by atoms with Gasteiger partial charge in [-0.2, -0.15) is 0 Å². The monoisotopic (exact) mass is 455 g/mol. The van der Waals surface area contributed by atoms with E-state index in [1.54, 1.807) is 6.07 Å². The first kappa shape index (κ1) is 24.7. The number of carbonyl (C=O) groups excluding carboxylic acids is 2. The number of rotatable bonds is 8. The van der Waals surface area contributed by atoms with Crippen molar-refractivity contribution in [3.05, 3.63) is 11.2 Å². The molecule has 0 bridgehead atoms. The number of amides is 2. The van der Waals surface area contributed by atoms with Crippen LogP contribution in [0.5, 0.6) is 0 Å². The number of carbonyl (C=O) groups is 2. The normalized spacial score (nSPS) is 14.7. The average Bonchev–Trinajstić information content (AvgIpc) is 2.70. The van der Waals surface area contributed by atoms with Crippen LogP contribution in [0.3, 0.4) is 0 Å². The van der Waals surface area contributed by atoms with Crippen LogP contribution in [0, 0.1) is 5.41 Å². The second-order valence-corrected chi connectivity index (χ2v) is 9.86. The molecule has 2 heterocycles. The van der Waals surface area contributed by atoms with Crippen molar-refractivity contribution < 1.29 is 9.59 Å². The molecule has 0 N–H and O–H groups in total. The first-order chi connectivity index (χ1) is 14.2. The zero-order chi connectivity index (χ0) is 22.3. The van der Waals surface area contributed by atoms with Gasteiger partial charge in [-0.25, -0.2) is 9.97 Å². The molecule has 1 fully saturated rings. The largest absolute Gasteiger partial charge is 0.353 e. The highest BCUT2D eigenvalue weighted by molar-refractivity contribution is 7.99. The molecule has 0 radical (unpaired) electrons. The lowest BCUT2D eigenvalue weighted by molar-refractivity contribution is -0.139. The van der Waals surface area contributed by atoms with Crippen LogP contribution in [0.15, 0.2) is 11.2 Å².